The molecular weight excluding hydrogens is 381 g/mol. The van der Waals surface area contributed by atoms with Crippen LogP contribution >= 0.6 is 11.8 Å². The van der Waals surface area contributed by atoms with Crippen LogP contribution in [0.15, 0.2) is 29.4 Å². The summed E-state index contributed by atoms with van der Waals surface area (Å²) in [4.78, 5) is 16.3. The number of carbonyl (C=O) groups is 1. The van der Waals surface area contributed by atoms with E-state index in [0.717, 1.165) is 6.26 Å². The standard InChI is InChI=1S/C15H20FN5O3S2/c1-10-18-15(20-19-10)25-8-7-17-14(22)9-13(21-26(2,23)24)11-3-5-12(16)6-4-11/h3-6,13,21H,7-9H2,1-2H3,(H,17,22)(H,18,19,20)/t13-/m1/s1. The van der Waals surface area contributed by atoms with Gasteiger partial charge in [-0.25, -0.2) is 22.5 Å². The van der Waals surface area contributed by atoms with E-state index in [1.807, 2.05) is 0 Å². The number of hydrogen-bond donors (Lipinski definition) is 3. The molecule has 0 aliphatic rings. The Morgan fingerprint density at radius 1 is 1.35 bits per heavy atom. The zero-order valence-electron chi connectivity index (χ0n) is 14.3. The number of aromatic nitrogens is 3. The normalized spacial score (nSPS) is 12.7. The summed E-state index contributed by atoms with van der Waals surface area (Å²) in [5.41, 5.74) is 0.512. The quantitative estimate of drug-likeness (QED) is 0.429. The second-order valence-corrected chi connectivity index (χ2v) is 8.44. The molecule has 1 amide bonds. The Kier molecular flexibility index (Phi) is 7.12. The predicted octanol–water partition coefficient (Wildman–Crippen LogP) is 1.14. The number of sulfonamides is 1. The van der Waals surface area contributed by atoms with E-state index in [4.69, 9.17) is 0 Å². The maximum Gasteiger partial charge on any atom is 0.221 e. The molecule has 1 aromatic heterocycles. The highest BCUT2D eigenvalue weighted by Crippen LogP contribution is 2.18. The highest BCUT2D eigenvalue weighted by atomic mass is 32.2. The second-order valence-electron chi connectivity index (χ2n) is 5.60. The number of aryl methyl sites for hydroxylation is 1. The Morgan fingerprint density at radius 3 is 2.62 bits per heavy atom. The minimum atomic E-state index is -3.53. The van der Waals surface area contributed by atoms with Gasteiger partial charge in [-0.3, -0.25) is 9.89 Å². The van der Waals surface area contributed by atoms with Crippen molar-refractivity contribution in [2.75, 3.05) is 18.6 Å². The Hall–Kier alpha value is -1.98. The molecule has 0 aliphatic heterocycles. The lowest BCUT2D eigenvalue weighted by molar-refractivity contribution is -0.121. The lowest BCUT2D eigenvalue weighted by Gasteiger charge is -2.17. The molecule has 2 aromatic rings. The van der Waals surface area contributed by atoms with Gasteiger partial charge in [0.25, 0.3) is 0 Å². The number of benzene rings is 1. The van der Waals surface area contributed by atoms with E-state index in [0.29, 0.717) is 28.8 Å². The molecule has 1 heterocycles. The number of nitrogens with zero attached hydrogens (tertiary/aromatic N) is 2. The van der Waals surface area contributed by atoms with Crippen molar-refractivity contribution in [1.29, 1.82) is 0 Å². The molecule has 2 rings (SSSR count). The smallest absolute Gasteiger partial charge is 0.221 e. The molecule has 1 atom stereocenters. The van der Waals surface area contributed by atoms with Crippen molar-refractivity contribution in [2.24, 2.45) is 0 Å². The average molecular weight is 401 g/mol. The molecular formula is C15H20FN5O3S2. The first-order chi connectivity index (χ1) is 12.2. The van der Waals surface area contributed by atoms with Gasteiger partial charge in [0, 0.05) is 18.7 Å². The van der Waals surface area contributed by atoms with Crippen LogP contribution in [-0.4, -0.2) is 48.1 Å². The fourth-order valence-electron chi connectivity index (χ4n) is 2.16. The molecule has 142 valence electrons. The Morgan fingerprint density at radius 2 is 2.04 bits per heavy atom. The number of amides is 1. The van der Waals surface area contributed by atoms with Crippen LogP contribution in [0, 0.1) is 12.7 Å². The first-order valence-corrected chi connectivity index (χ1v) is 10.6. The van der Waals surface area contributed by atoms with E-state index < -0.39 is 21.9 Å². The summed E-state index contributed by atoms with van der Waals surface area (Å²) in [6.07, 6.45) is 0.917. The number of carbonyl (C=O) groups excluding carboxylic acids is 1. The van der Waals surface area contributed by atoms with Crippen molar-refractivity contribution in [3.8, 4) is 0 Å². The predicted molar refractivity (Wildman–Crippen MR) is 96.6 cm³/mol. The molecule has 0 aliphatic carbocycles. The third kappa shape index (κ3) is 7.10. The van der Waals surface area contributed by atoms with Crippen molar-refractivity contribution in [3.05, 3.63) is 41.5 Å². The summed E-state index contributed by atoms with van der Waals surface area (Å²) >= 11 is 1.39. The summed E-state index contributed by atoms with van der Waals surface area (Å²) in [6.45, 7) is 2.18. The molecule has 26 heavy (non-hydrogen) atoms. The van der Waals surface area contributed by atoms with Crippen molar-refractivity contribution >= 4 is 27.7 Å². The first kappa shape index (κ1) is 20.3. The van der Waals surface area contributed by atoms with Gasteiger partial charge in [-0.15, -0.1) is 5.10 Å². The lowest BCUT2D eigenvalue weighted by Crippen LogP contribution is -2.34. The highest BCUT2D eigenvalue weighted by molar-refractivity contribution is 7.99. The zero-order chi connectivity index (χ0) is 19.2. The Bertz CT molecular complexity index is 839. The topological polar surface area (TPSA) is 117 Å². The average Bonchev–Trinajstić information content (AvgIpc) is 2.96. The van der Waals surface area contributed by atoms with Crippen LogP contribution in [0.1, 0.15) is 23.9 Å². The summed E-state index contributed by atoms with van der Waals surface area (Å²) in [6, 6.07) is 4.58. The van der Waals surface area contributed by atoms with E-state index in [1.165, 1.54) is 36.0 Å². The van der Waals surface area contributed by atoms with Gasteiger partial charge in [0.2, 0.25) is 21.1 Å². The van der Waals surface area contributed by atoms with Crippen LogP contribution < -0.4 is 10.0 Å². The summed E-state index contributed by atoms with van der Waals surface area (Å²) in [7, 11) is -3.53. The van der Waals surface area contributed by atoms with Crippen LogP contribution in [0.4, 0.5) is 4.39 Å². The van der Waals surface area contributed by atoms with Crippen molar-refractivity contribution in [1.82, 2.24) is 25.2 Å². The maximum atomic E-state index is 13.1. The van der Waals surface area contributed by atoms with Crippen molar-refractivity contribution < 1.29 is 17.6 Å². The SMILES string of the molecule is Cc1nc(SCCNC(=O)C[C@@H](NS(C)(=O)=O)c2ccc(F)cc2)n[nH]1. The summed E-state index contributed by atoms with van der Waals surface area (Å²) in [5, 5.41) is 10.0. The Labute approximate surface area is 155 Å². The third-order valence-electron chi connectivity index (χ3n) is 3.25. The van der Waals surface area contributed by atoms with Crippen LogP contribution in [0.25, 0.3) is 0 Å². The van der Waals surface area contributed by atoms with Crippen LogP contribution in [-0.2, 0) is 14.8 Å². The largest absolute Gasteiger partial charge is 0.355 e. The number of aromatic amines is 1. The van der Waals surface area contributed by atoms with Gasteiger partial charge in [0.1, 0.15) is 11.6 Å². The van der Waals surface area contributed by atoms with Gasteiger partial charge in [-0.1, -0.05) is 23.9 Å². The molecule has 11 heteroatoms. The highest BCUT2D eigenvalue weighted by Gasteiger charge is 2.19. The van der Waals surface area contributed by atoms with Gasteiger partial charge in [-0.2, -0.15) is 0 Å². The fraction of sp³-hybridized carbons (Fsp3) is 0.400. The van der Waals surface area contributed by atoms with Crippen LogP contribution in [0.2, 0.25) is 0 Å². The van der Waals surface area contributed by atoms with Gasteiger partial charge < -0.3 is 5.32 Å². The molecule has 0 bridgehead atoms. The molecule has 0 radical (unpaired) electrons. The van der Waals surface area contributed by atoms with Gasteiger partial charge in [-0.05, 0) is 24.6 Å². The minimum Gasteiger partial charge on any atom is -0.355 e. The number of H-pyrrole nitrogens is 1. The van der Waals surface area contributed by atoms with Gasteiger partial charge >= 0.3 is 0 Å². The molecule has 3 N–H and O–H groups in total. The van der Waals surface area contributed by atoms with Crippen molar-refractivity contribution in [2.45, 2.75) is 24.5 Å². The summed E-state index contributed by atoms with van der Waals surface area (Å²) < 4.78 is 38.6. The van der Waals surface area contributed by atoms with E-state index in [2.05, 4.69) is 25.2 Å². The van der Waals surface area contributed by atoms with E-state index in [1.54, 1.807) is 6.92 Å². The molecule has 0 fully saturated rings. The number of nitrogens with one attached hydrogen (secondary N) is 3. The minimum absolute atomic E-state index is 0.0941. The number of rotatable bonds is 9. The number of thioether (sulfide) groups is 1. The second kappa shape index (κ2) is 9.10. The van der Waals surface area contributed by atoms with Crippen LogP contribution in [0.3, 0.4) is 0 Å². The number of hydrogen-bond acceptors (Lipinski definition) is 6. The Balaban J connectivity index is 1.87. The fourth-order valence-corrected chi connectivity index (χ4v) is 3.59. The molecule has 8 nitrogen and oxygen atoms in total. The lowest BCUT2D eigenvalue weighted by atomic mass is 10.0. The van der Waals surface area contributed by atoms with Gasteiger partial charge in [0.05, 0.1) is 12.3 Å². The first-order valence-electron chi connectivity index (χ1n) is 7.74. The third-order valence-corrected chi connectivity index (χ3v) is 4.81. The molecule has 1 aromatic carbocycles. The molecule has 0 saturated carbocycles. The molecule has 0 unspecified atom stereocenters. The molecule has 0 saturated heterocycles. The number of halogens is 1. The monoisotopic (exact) mass is 401 g/mol. The molecule has 0 spiro atoms. The zero-order valence-corrected chi connectivity index (χ0v) is 16.0. The van der Waals surface area contributed by atoms with E-state index in [-0.39, 0.29) is 12.3 Å². The summed E-state index contributed by atoms with van der Waals surface area (Å²) in [5.74, 6) is 0.535. The van der Waals surface area contributed by atoms with E-state index in [9.17, 15) is 17.6 Å². The van der Waals surface area contributed by atoms with Crippen molar-refractivity contribution in [3.63, 3.8) is 0 Å². The maximum absolute atomic E-state index is 13.1. The van der Waals surface area contributed by atoms with E-state index >= 15 is 0 Å². The van der Waals surface area contributed by atoms with Crippen LogP contribution in [0.5, 0.6) is 0 Å². The van der Waals surface area contributed by atoms with Gasteiger partial charge in [0.15, 0.2) is 0 Å².